The van der Waals surface area contributed by atoms with Gasteiger partial charge in [-0.1, -0.05) is 0 Å². The third-order valence-corrected chi connectivity index (χ3v) is 3.00. The second-order valence-electron chi connectivity index (χ2n) is 4.44. The summed E-state index contributed by atoms with van der Waals surface area (Å²) < 4.78 is 19.9. The predicted octanol–water partition coefficient (Wildman–Crippen LogP) is 2.52. The van der Waals surface area contributed by atoms with Crippen LogP contribution in [0.4, 0.5) is 10.1 Å². The molecule has 2 aromatic rings. The Kier molecular flexibility index (Phi) is 4.02. The van der Waals surface area contributed by atoms with Gasteiger partial charge in [0.2, 0.25) is 0 Å². The Morgan fingerprint density at radius 3 is 2.85 bits per heavy atom. The number of anilines is 1. The maximum absolute atomic E-state index is 13.4. The van der Waals surface area contributed by atoms with Crippen LogP contribution in [-0.2, 0) is 11.8 Å². The lowest BCUT2D eigenvalue weighted by Gasteiger charge is -2.17. The van der Waals surface area contributed by atoms with Crippen molar-refractivity contribution in [3.63, 3.8) is 0 Å². The molecule has 0 saturated heterocycles. The molecule has 1 atom stereocenters. The molecule has 0 fully saturated rings. The zero-order valence-corrected chi connectivity index (χ0v) is 11.6. The highest BCUT2D eigenvalue weighted by Gasteiger charge is 2.16. The number of carbonyl (C=O) groups is 1. The molecule has 1 aromatic carbocycles. The summed E-state index contributed by atoms with van der Waals surface area (Å²) in [4.78, 5) is 15.9. The Balaban J connectivity index is 2.30. The minimum atomic E-state index is -0.514. The van der Waals surface area contributed by atoms with Gasteiger partial charge in [0.05, 0.1) is 24.4 Å². The first kappa shape index (κ1) is 14.0. The van der Waals surface area contributed by atoms with Gasteiger partial charge in [0.15, 0.2) is 0 Å². The molecular weight excluding hydrogens is 261 g/mol. The lowest BCUT2D eigenvalue weighted by atomic mass is 10.1. The van der Waals surface area contributed by atoms with E-state index in [1.54, 1.807) is 6.20 Å². The number of benzene rings is 1. The van der Waals surface area contributed by atoms with Crippen molar-refractivity contribution in [1.82, 2.24) is 9.55 Å². The van der Waals surface area contributed by atoms with E-state index >= 15 is 0 Å². The summed E-state index contributed by atoms with van der Waals surface area (Å²) >= 11 is 0. The van der Waals surface area contributed by atoms with Crippen molar-refractivity contribution in [1.29, 1.82) is 0 Å². The maximum Gasteiger partial charge on any atom is 0.339 e. The first-order chi connectivity index (χ1) is 9.52. The molecule has 0 aliphatic rings. The van der Waals surface area contributed by atoms with Crippen molar-refractivity contribution >= 4 is 11.7 Å². The molecule has 20 heavy (non-hydrogen) atoms. The van der Waals surface area contributed by atoms with Gasteiger partial charge in [0.1, 0.15) is 11.6 Å². The van der Waals surface area contributed by atoms with Crippen LogP contribution in [0.25, 0.3) is 0 Å². The van der Waals surface area contributed by atoms with E-state index in [4.69, 9.17) is 4.74 Å². The molecule has 0 aliphatic carbocycles. The van der Waals surface area contributed by atoms with Crippen LogP contribution in [0.5, 0.6) is 0 Å². The van der Waals surface area contributed by atoms with Crippen molar-refractivity contribution in [3.8, 4) is 0 Å². The standard InChI is InChI=1S/C14H16FN3O2/c1-9(13-16-6-7-18(13)2)17-12-8-10(15)4-5-11(12)14(19)20-3/h4-9,17H,1-3H3. The third kappa shape index (κ3) is 2.79. The van der Waals surface area contributed by atoms with Crippen molar-refractivity contribution in [2.24, 2.45) is 7.05 Å². The summed E-state index contributed by atoms with van der Waals surface area (Å²) in [5.41, 5.74) is 0.669. The Hall–Kier alpha value is -2.37. The van der Waals surface area contributed by atoms with Crippen molar-refractivity contribution in [2.75, 3.05) is 12.4 Å². The first-order valence-electron chi connectivity index (χ1n) is 6.14. The Bertz CT molecular complexity index is 625. The molecule has 1 N–H and O–H groups in total. The zero-order chi connectivity index (χ0) is 14.7. The van der Waals surface area contributed by atoms with Gasteiger partial charge < -0.3 is 14.6 Å². The first-order valence-corrected chi connectivity index (χ1v) is 6.14. The van der Waals surface area contributed by atoms with Gasteiger partial charge in [-0.3, -0.25) is 0 Å². The summed E-state index contributed by atoms with van der Waals surface area (Å²) in [7, 11) is 3.16. The van der Waals surface area contributed by atoms with Crippen LogP contribution in [0.3, 0.4) is 0 Å². The van der Waals surface area contributed by atoms with Crippen molar-refractivity contribution in [3.05, 3.63) is 47.8 Å². The van der Waals surface area contributed by atoms with Gasteiger partial charge in [0.25, 0.3) is 0 Å². The van der Waals surface area contributed by atoms with Crippen LogP contribution < -0.4 is 5.32 Å². The number of nitrogens with zero attached hydrogens (tertiary/aromatic N) is 2. The van der Waals surface area contributed by atoms with Crippen molar-refractivity contribution < 1.29 is 13.9 Å². The van der Waals surface area contributed by atoms with Crippen molar-refractivity contribution in [2.45, 2.75) is 13.0 Å². The molecule has 1 unspecified atom stereocenters. The van der Waals surface area contributed by atoms with Crippen LogP contribution in [0.15, 0.2) is 30.6 Å². The number of aromatic nitrogens is 2. The van der Waals surface area contributed by atoms with E-state index in [1.165, 1.54) is 25.3 Å². The summed E-state index contributed by atoms with van der Waals surface area (Å²) in [6.45, 7) is 1.88. The number of hydrogen-bond acceptors (Lipinski definition) is 4. The van der Waals surface area contributed by atoms with Crippen LogP contribution in [0.1, 0.15) is 29.1 Å². The van der Waals surface area contributed by atoms with Gasteiger partial charge in [-0.2, -0.15) is 0 Å². The zero-order valence-electron chi connectivity index (χ0n) is 11.6. The number of imidazole rings is 1. The average Bonchev–Trinajstić information content (AvgIpc) is 2.84. The summed E-state index contributed by atoms with van der Waals surface area (Å²) in [6, 6.07) is 3.71. The second kappa shape index (κ2) is 5.73. The number of methoxy groups -OCH3 is 1. The Labute approximate surface area is 116 Å². The summed E-state index contributed by atoms with van der Waals surface area (Å²) in [6.07, 6.45) is 3.50. The quantitative estimate of drug-likeness (QED) is 0.872. The molecule has 0 bridgehead atoms. The number of esters is 1. The number of halogens is 1. The normalized spacial score (nSPS) is 12.0. The Morgan fingerprint density at radius 1 is 1.50 bits per heavy atom. The topological polar surface area (TPSA) is 56.1 Å². The fourth-order valence-electron chi connectivity index (χ4n) is 2.02. The molecular formula is C14H16FN3O2. The van der Waals surface area contributed by atoms with Gasteiger partial charge in [0, 0.05) is 19.4 Å². The summed E-state index contributed by atoms with van der Waals surface area (Å²) in [5, 5.41) is 3.09. The van der Waals surface area contributed by atoms with E-state index in [0.29, 0.717) is 5.69 Å². The number of nitrogens with one attached hydrogen (secondary N) is 1. The lowest BCUT2D eigenvalue weighted by Crippen LogP contribution is -2.15. The predicted molar refractivity (Wildman–Crippen MR) is 73.0 cm³/mol. The van der Waals surface area contributed by atoms with E-state index in [0.717, 1.165) is 5.82 Å². The molecule has 1 aromatic heterocycles. The molecule has 1 heterocycles. The molecule has 2 rings (SSSR count). The highest BCUT2D eigenvalue weighted by Crippen LogP contribution is 2.23. The minimum Gasteiger partial charge on any atom is -0.465 e. The Morgan fingerprint density at radius 2 is 2.25 bits per heavy atom. The second-order valence-corrected chi connectivity index (χ2v) is 4.44. The molecule has 106 valence electrons. The molecule has 0 amide bonds. The number of hydrogen-bond donors (Lipinski definition) is 1. The van der Waals surface area contributed by atoms with Gasteiger partial charge in [-0.05, 0) is 25.1 Å². The number of carbonyl (C=O) groups excluding carboxylic acids is 1. The van der Waals surface area contributed by atoms with Crippen LogP contribution >= 0.6 is 0 Å². The molecule has 0 saturated carbocycles. The minimum absolute atomic E-state index is 0.180. The highest BCUT2D eigenvalue weighted by atomic mass is 19.1. The van der Waals surface area contributed by atoms with E-state index in [9.17, 15) is 9.18 Å². The third-order valence-electron chi connectivity index (χ3n) is 3.00. The fourth-order valence-corrected chi connectivity index (χ4v) is 2.02. The maximum atomic E-state index is 13.4. The van der Waals surface area contributed by atoms with E-state index in [-0.39, 0.29) is 11.6 Å². The molecule has 5 nitrogen and oxygen atoms in total. The van der Waals surface area contributed by atoms with E-state index in [2.05, 4.69) is 10.3 Å². The van der Waals surface area contributed by atoms with Crippen LogP contribution in [0, 0.1) is 5.82 Å². The van der Waals surface area contributed by atoms with Gasteiger partial charge in [-0.15, -0.1) is 0 Å². The van der Waals surface area contributed by atoms with Gasteiger partial charge >= 0.3 is 5.97 Å². The average molecular weight is 277 g/mol. The lowest BCUT2D eigenvalue weighted by molar-refractivity contribution is 0.0601. The SMILES string of the molecule is COC(=O)c1ccc(F)cc1NC(C)c1nccn1C. The fraction of sp³-hybridized carbons (Fsp3) is 0.286. The van der Waals surface area contributed by atoms with E-state index in [1.807, 2.05) is 24.7 Å². The molecule has 6 heteroatoms. The number of rotatable bonds is 4. The van der Waals surface area contributed by atoms with Crippen LogP contribution in [0.2, 0.25) is 0 Å². The van der Waals surface area contributed by atoms with E-state index < -0.39 is 11.8 Å². The smallest absolute Gasteiger partial charge is 0.339 e. The molecule has 0 radical (unpaired) electrons. The summed E-state index contributed by atoms with van der Waals surface area (Å²) in [5.74, 6) is -0.156. The highest BCUT2D eigenvalue weighted by molar-refractivity contribution is 5.95. The molecule has 0 spiro atoms. The molecule has 0 aliphatic heterocycles. The monoisotopic (exact) mass is 277 g/mol. The largest absolute Gasteiger partial charge is 0.465 e. The van der Waals surface area contributed by atoms with Crippen LogP contribution in [-0.4, -0.2) is 22.6 Å². The van der Waals surface area contributed by atoms with Gasteiger partial charge in [-0.25, -0.2) is 14.2 Å². The number of ether oxygens (including phenoxy) is 1. The number of aryl methyl sites for hydroxylation is 1.